The molecule has 0 aliphatic rings. The van der Waals surface area contributed by atoms with Crippen molar-refractivity contribution in [1.29, 1.82) is 0 Å². The molecule has 0 aromatic heterocycles. The van der Waals surface area contributed by atoms with Crippen molar-refractivity contribution in [2.24, 2.45) is 0 Å². The third-order valence-electron chi connectivity index (χ3n) is 5.77. The van der Waals surface area contributed by atoms with Crippen LogP contribution >= 0.6 is 0 Å². The minimum absolute atomic E-state index is 0. The summed E-state index contributed by atoms with van der Waals surface area (Å²) in [6.45, 7) is 8.21. The predicted molar refractivity (Wildman–Crippen MR) is 108 cm³/mol. The van der Waals surface area contributed by atoms with E-state index in [0.29, 0.717) is 6.04 Å². The molecule has 0 bridgehead atoms. The van der Waals surface area contributed by atoms with E-state index in [-0.39, 0.29) is 17.0 Å². The molecule has 0 saturated carbocycles. The van der Waals surface area contributed by atoms with Crippen molar-refractivity contribution in [3.05, 3.63) is 35.4 Å². The molecule has 1 aromatic rings. The minimum Gasteiger partial charge on any atom is -1.00 e. The van der Waals surface area contributed by atoms with Crippen molar-refractivity contribution < 1.29 is 21.5 Å². The fraction of sp³-hybridized carbons (Fsp3) is 0.739. The monoisotopic (exact) mass is 411 g/mol. The zero-order chi connectivity index (χ0) is 17.8. The molecule has 146 valence electrons. The Labute approximate surface area is 168 Å². The van der Waals surface area contributed by atoms with Gasteiger partial charge >= 0.3 is 0 Å². The van der Waals surface area contributed by atoms with Crippen LogP contribution in [0.25, 0.3) is 0 Å². The van der Waals surface area contributed by atoms with Crippen molar-refractivity contribution in [3.63, 3.8) is 0 Å². The van der Waals surface area contributed by atoms with Crippen molar-refractivity contribution >= 4 is 0 Å². The number of hydrogen-bond donors (Lipinski definition) is 0. The molecule has 1 aromatic carbocycles. The molecule has 1 nitrogen and oxygen atoms in total. The van der Waals surface area contributed by atoms with Gasteiger partial charge in [-0.15, -0.1) is 0 Å². The Morgan fingerprint density at radius 2 is 1.28 bits per heavy atom. The van der Waals surface area contributed by atoms with E-state index in [1.807, 2.05) is 0 Å². The van der Waals surface area contributed by atoms with Crippen LogP contribution in [0.15, 0.2) is 24.3 Å². The molecule has 0 heterocycles. The lowest BCUT2D eigenvalue weighted by Gasteiger charge is -2.37. The Bertz CT molecular complexity index is 441. The largest absolute Gasteiger partial charge is 1.00 e. The summed E-state index contributed by atoms with van der Waals surface area (Å²) in [6, 6.07) is 9.45. The number of nitrogens with zero attached hydrogens (tertiary/aromatic N) is 1. The maximum atomic E-state index is 2.39. The Hall–Kier alpha value is -0.340. The van der Waals surface area contributed by atoms with Gasteiger partial charge in [0.1, 0.15) is 6.04 Å². The lowest BCUT2D eigenvalue weighted by atomic mass is 9.99. The van der Waals surface area contributed by atoms with Crippen molar-refractivity contribution in [3.8, 4) is 0 Å². The van der Waals surface area contributed by atoms with Crippen LogP contribution in [-0.4, -0.2) is 25.1 Å². The molecule has 1 rings (SSSR count). The Kier molecular flexibility index (Phi) is 13.6. The molecule has 0 amide bonds. The standard InChI is InChI=1S/C23H42N.BrH/c1-6-7-8-9-10-11-12-13-14-17-20-24(4,5)22(3)23-19-16-15-18-21(23)2;/h15-16,18-19,22H,6-14,17,20H2,1-5H3;1H/q+1;/p-1. The molecule has 0 radical (unpaired) electrons. The summed E-state index contributed by atoms with van der Waals surface area (Å²) in [5.41, 5.74) is 2.94. The molecule has 1 unspecified atom stereocenters. The van der Waals surface area contributed by atoms with E-state index in [1.54, 1.807) is 0 Å². The van der Waals surface area contributed by atoms with Crippen LogP contribution in [0.2, 0.25) is 0 Å². The van der Waals surface area contributed by atoms with Crippen molar-refractivity contribution in [2.75, 3.05) is 20.6 Å². The highest BCUT2D eigenvalue weighted by molar-refractivity contribution is 5.27. The first-order valence-electron chi connectivity index (χ1n) is 10.4. The van der Waals surface area contributed by atoms with Crippen molar-refractivity contribution in [2.45, 2.75) is 91.0 Å². The molecule has 2 heteroatoms. The summed E-state index contributed by atoms with van der Waals surface area (Å²) in [4.78, 5) is 0. The van der Waals surface area contributed by atoms with E-state index in [0.717, 1.165) is 4.48 Å². The molecule has 0 N–H and O–H groups in total. The van der Waals surface area contributed by atoms with Crippen LogP contribution in [0.5, 0.6) is 0 Å². The van der Waals surface area contributed by atoms with E-state index in [1.165, 1.54) is 81.9 Å². The lowest BCUT2D eigenvalue weighted by Crippen LogP contribution is -3.00. The van der Waals surface area contributed by atoms with E-state index in [9.17, 15) is 0 Å². The molecule has 0 fully saturated rings. The molecule has 0 saturated heterocycles. The van der Waals surface area contributed by atoms with Crippen LogP contribution in [0.4, 0.5) is 0 Å². The van der Waals surface area contributed by atoms with Gasteiger partial charge in [-0.1, -0.05) is 82.6 Å². The van der Waals surface area contributed by atoms with Gasteiger partial charge in [0.15, 0.2) is 0 Å². The molecular weight excluding hydrogens is 370 g/mol. The number of quaternary nitrogens is 1. The summed E-state index contributed by atoms with van der Waals surface area (Å²) in [6.07, 6.45) is 14.2. The molecular formula is C23H42BrN. The Morgan fingerprint density at radius 3 is 1.80 bits per heavy atom. The van der Waals surface area contributed by atoms with E-state index in [4.69, 9.17) is 0 Å². The summed E-state index contributed by atoms with van der Waals surface area (Å²) < 4.78 is 1.10. The van der Waals surface area contributed by atoms with E-state index < -0.39 is 0 Å². The average molecular weight is 412 g/mol. The van der Waals surface area contributed by atoms with Crippen LogP contribution in [-0.2, 0) is 0 Å². The molecule has 25 heavy (non-hydrogen) atoms. The molecule has 1 atom stereocenters. The van der Waals surface area contributed by atoms with Crippen LogP contribution in [0.1, 0.15) is 95.2 Å². The van der Waals surface area contributed by atoms with E-state index in [2.05, 4.69) is 59.1 Å². The topological polar surface area (TPSA) is 0 Å². The second-order valence-corrected chi connectivity index (χ2v) is 8.22. The second-order valence-electron chi connectivity index (χ2n) is 8.22. The fourth-order valence-corrected chi connectivity index (χ4v) is 3.63. The highest BCUT2D eigenvalue weighted by Gasteiger charge is 2.25. The van der Waals surface area contributed by atoms with Gasteiger partial charge in [0, 0.05) is 5.56 Å². The summed E-state index contributed by atoms with van der Waals surface area (Å²) in [5.74, 6) is 0. The first kappa shape index (κ1) is 24.7. The SMILES string of the molecule is CCCCCCCCCCCC[N+](C)(C)C(C)c1ccccc1C.[Br-]. The van der Waals surface area contributed by atoms with Gasteiger partial charge in [0.2, 0.25) is 0 Å². The maximum absolute atomic E-state index is 2.39. The number of rotatable bonds is 13. The van der Waals surface area contributed by atoms with Gasteiger partial charge in [0.25, 0.3) is 0 Å². The smallest absolute Gasteiger partial charge is 0.112 e. The average Bonchev–Trinajstić information content (AvgIpc) is 2.56. The highest BCUT2D eigenvalue weighted by Crippen LogP contribution is 2.27. The van der Waals surface area contributed by atoms with Gasteiger partial charge in [-0.2, -0.15) is 0 Å². The third kappa shape index (κ3) is 9.80. The van der Waals surface area contributed by atoms with Gasteiger partial charge in [-0.3, -0.25) is 0 Å². The van der Waals surface area contributed by atoms with Crippen LogP contribution < -0.4 is 17.0 Å². The first-order chi connectivity index (χ1) is 11.5. The molecule has 0 aliphatic heterocycles. The number of unbranched alkanes of at least 4 members (excludes halogenated alkanes) is 9. The van der Waals surface area contributed by atoms with Gasteiger partial charge in [-0.25, -0.2) is 0 Å². The predicted octanol–water partition coefficient (Wildman–Crippen LogP) is 4.06. The summed E-state index contributed by atoms with van der Waals surface area (Å²) >= 11 is 0. The van der Waals surface area contributed by atoms with Crippen molar-refractivity contribution in [1.82, 2.24) is 0 Å². The summed E-state index contributed by atoms with van der Waals surface area (Å²) in [5, 5.41) is 0. The quantitative estimate of drug-likeness (QED) is 0.339. The van der Waals surface area contributed by atoms with Gasteiger partial charge in [0.05, 0.1) is 20.6 Å². The highest BCUT2D eigenvalue weighted by atomic mass is 79.9. The number of hydrogen-bond acceptors (Lipinski definition) is 0. The second kappa shape index (κ2) is 13.8. The summed E-state index contributed by atoms with van der Waals surface area (Å²) in [7, 11) is 4.79. The van der Waals surface area contributed by atoms with E-state index >= 15 is 0 Å². The maximum Gasteiger partial charge on any atom is 0.112 e. The zero-order valence-electron chi connectivity index (χ0n) is 17.5. The van der Waals surface area contributed by atoms with Crippen LogP contribution in [0, 0.1) is 6.92 Å². The minimum atomic E-state index is 0. The number of halogens is 1. The fourth-order valence-electron chi connectivity index (χ4n) is 3.63. The normalized spacial score (nSPS) is 12.7. The zero-order valence-corrected chi connectivity index (χ0v) is 19.1. The Balaban J connectivity index is 0.00000576. The number of aryl methyl sites for hydroxylation is 1. The van der Waals surface area contributed by atoms with Gasteiger partial charge in [-0.05, 0) is 32.3 Å². The third-order valence-corrected chi connectivity index (χ3v) is 5.77. The van der Waals surface area contributed by atoms with Gasteiger partial charge < -0.3 is 21.5 Å². The molecule has 0 spiro atoms. The molecule has 0 aliphatic carbocycles. The lowest BCUT2D eigenvalue weighted by molar-refractivity contribution is -0.919. The first-order valence-corrected chi connectivity index (χ1v) is 10.4. The number of benzene rings is 1. The Morgan fingerprint density at radius 1 is 0.800 bits per heavy atom. The van der Waals surface area contributed by atoms with Crippen LogP contribution in [0.3, 0.4) is 0 Å².